The predicted molar refractivity (Wildman–Crippen MR) is 72.0 cm³/mol. The third-order valence-electron chi connectivity index (χ3n) is 2.27. The van der Waals surface area contributed by atoms with E-state index in [2.05, 4.69) is 21.2 Å². The van der Waals surface area contributed by atoms with Crippen molar-refractivity contribution in [2.75, 3.05) is 19.8 Å². The molecule has 0 unspecified atom stereocenters. The van der Waals surface area contributed by atoms with Crippen molar-refractivity contribution in [3.63, 3.8) is 0 Å². The molecule has 1 aromatic rings. The molecule has 17 heavy (non-hydrogen) atoms. The molecular weight excluding hydrogens is 282 g/mol. The van der Waals surface area contributed by atoms with Crippen molar-refractivity contribution in [3.8, 4) is 0 Å². The maximum absolute atomic E-state index is 11.6. The van der Waals surface area contributed by atoms with Crippen LogP contribution in [-0.4, -0.2) is 25.7 Å². The van der Waals surface area contributed by atoms with Gasteiger partial charge in [0.25, 0.3) is 0 Å². The first-order valence-corrected chi connectivity index (χ1v) is 6.60. The third-order valence-corrected chi connectivity index (χ3v) is 2.80. The maximum atomic E-state index is 11.6. The zero-order chi connectivity index (χ0) is 12.5. The molecule has 0 spiro atoms. The van der Waals surface area contributed by atoms with Gasteiger partial charge in [-0.1, -0.05) is 28.1 Å². The summed E-state index contributed by atoms with van der Waals surface area (Å²) in [7, 11) is 0. The van der Waals surface area contributed by atoms with Crippen LogP contribution in [0.1, 0.15) is 18.9 Å². The first-order chi connectivity index (χ1) is 8.22. The van der Waals surface area contributed by atoms with Gasteiger partial charge in [0, 0.05) is 24.2 Å². The number of rotatable bonds is 7. The summed E-state index contributed by atoms with van der Waals surface area (Å²) in [6.07, 6.45) is 1.29. The lowest BCUT2D eigenvalue weighted by molar-refractivity contribution is -0.120. The molecule has 4 heteroatoms. The van der Waals surface area contributed by atoms with Gasteiger partial charge in [0.15, 0.2) is 0 Å². The van der Waals surface area contributed by atoms with Crippen LogP contribution in [0.5, 0.6) is 0 Å². The van der Waals surface area contributed by atoms with Crippen LogP contribution in [0.15, 0.2) is 28.7 Å². The summed E-state index contributed by atoms with van der Waals surface area (Å²) in [4.78, 5) is 11.6. The number of ether oxygens (including phenoxy) is 1. The Morgan fingerprint density at radius 1 is 1.35 bits per heavy atom. The molecule has 0 bridgehead atoms. The topological polar surface area (TPSA) is 38.3 Å². The van der Waals surface area contributed by atoms with Crippen LogP contribution in [0, 0.1) is 0 Å². The molecular formula is C13H18BrNO2. The van der Waals surface area contributed by atoms with Gasteiger partial charge in [-0.15, -0.1) is 0 Å². The minimum atomic E-state index is 0.0591. The fourth-order valence-electron chi connectivity index (χ4n) is 1.40. The van der Waals surface area contributed by atoms with Gasteiger partial charge in [-0.05, 0) is 31.0 Å². The van der Waals surface area contributed by atoms with Gasteiger partial charge in [0.1, 0.15) is 0 Å². The lowest BCUT2D eigenvalue weighted by atomic mass is 10.1. The zero-order valence-electron chi connectivity index (χ0n) is 10.0. The van der Waals surface area contributed by atoms with E-state index >= 15 is 0 Å². The fraction of sp³-hybridized carbons (Fsp3) is 0.462. The zero-order valence-corrected chi connectivity index (χ0v) is 11.6. The average Bonchev–Trinajstić information content (AvgIpc) is 2.32. The summed E-state index contributed by atoms with van der Waals surface area (Å²) in [6.45, 7) is 4.07. The molecule has 0 aliphatic rings. The van der Waals surface area contributed by atoms with Crippen molar-refractivity contribution in [3.05, 3.63) is 34.3 Å². The first-order valence-electron chi connectivity index (χ1n) is 5.81. The van der Waals surface area contributed by atoms with Gasteiger partial charge in [-0.3, -0.25) is 4.79 Å². The van der Waals surface area contributed by atoms with Crippen molar-refractivity contribution in [2.45, 2.75) is 19.8 Å². The van der Waals surface area contributed by atoms with Crippen molar-refractivity contribution in [1.82, 2.24) is 5.32 Å². The number of benzene rings is 1. The second-order valence-corrected chi connectivity index (χ2v) is 4.62. The molecule has 0 radical (unpaired) electrons. The number of halogens is 1. The Bertz CT molecular complexity index is 338. The van der Waals surface area contributed by atoms with Crippen LogP contribution in [0.25, 0.3) is 0 Å². The summed E-state index contributed by atoms with van der Waals surface area (Å²) in [6, 6.07) is 7.78. The number of nitrogens with one attached hydrogen (secondary N) is 1. The van der Waals surface area contributed by atoms with E-state index in [1.54, 1.807) is 0 Å². The molecule has 1 rings (SSSR count). The highest BCUT2D eigenvalue weighted by Crippen LogP contribution is 2.10. The van der Waals surface area contributed by atoms with Crippen molar-refractivity contribution in [2.24, 2.45) is 0 Å². The average molecular weight is 300 g/mol. The number of hydrogen-bond donors (Lipinski definition) is 1. The Labute approximate surface area is 111 Å². The van der Waals surface area contributed by atoms with Crippen LogP contribution in [0.4, 0.5) is 0 Å². The van der Waals surface area contributed by atoms with Gasteiger partial charge < -0.3 is 10.1 Å². The molecule has 1 aromatic carbocycles. The summed E-state index contributed by atoms with van der Waals surface area (Å²) in [5.41, 5.74) is 1.02. The minimum Gasteiger partial charge on any atom is -0.382 e. The number of carbonyl (C=O) groups excluding carboxylic acids is 1. The van der Waals surface area contributed by atoms with E-state index in [4.69, 9.17) is 4.74 Å². The van der Waals surface area contributed by atoms with E-state index in [1.165, 1.54) is 0 Å². The monoisotopic (exact) mass is 299 g/mol. The highest BCUT2D eigenvalue weighted by Gasteiger charge is 2.02. The number of carbonyl (C=O) groups is 1. The highest BCUT2D eigenvalue weighted by atomic mass is 79.9. The van der Waals surface area contributed by atoms with Gasteiger partial charge in [0.05, 0.1) is 6.42 Å². The highest BCUT2D eigenvalue weighted by molar-refractivity contribution is 9.10. The summed E-state index contributed by atoms with van der Waals surface area (Å²) >= 11 is 3.36. The lowest BCUT2D eigenvalue weighted by Crippen LogP contribution is -2.26. The second-order valence-electron chi connectivity index (χ2n) is 3.70. The Morgan fingerprint density at radius 3 is 2.71 bits per heavy atom. The number of amides is 1. The summed E-state index contributed by atoms with van der Waals surface area (Å²) in [5.74, 6) is 0.0591. The van der Waals surface area contributed by atoms with E-state index in [0.29, 0.717) is 19.6 Å². The van der Waals surface area contributed by atoms with Crippen LogP contribution >= 0.6 is 15.9 Å². The van der Waals surface area contributed by atoms with Gasteiger partial charge in [0.2, 0.25) is 5.91 Å². The van der Waals surface area contributed by atoms with Crippen LogP contribution < -0.4 is 5.32 Å². The first kappa shape index (κ1) is 14.2. The van der Waals surface area contributed by atoms with Crippen LogP contribution in [0.2, 0.25) is 0 Å². The minimum absolute atomic E-state index is 0.0591. The van der Waals surface area contributed by atoms with Crippen molar-refractivity contribution < 1.29 is 9.53 Å². The van der Waals surface area contributed by atoms with Crippen molar-refractivity contribution >= 4 is 21.8 Å². The maximum Gasteiger partial charge on any atom is 0.224 e. The predicted octanol–water partition coefficient (Wildman–Crippen LogP) is 2.53. The molecule has 0 saturated carbocycles. The summed E-state index contributed by atoms with van der Waals surface area (Å²) in [5, 5.41) is 2.87. The van der Waals surface area contributed by atoms with Gasteiger partial charge in [-0.2, -0.15) is 0 Å². The standard InChI is InChI=1S/C13H18BrNO2/c1-2-17-9-3-8-15-13(16)10-11-4-6-12(14)7-5-11/h4-7H,2-3,8-10H2,1H3,(H,15,16). The lowest BCUT2D eigenvalue weighted by Gasteiger charge is -2.05. The molecule has 0 atom stereocenters. The Hall–Kier alpha value is -0.870. The Morgan fingerprint density at radius 2 is 2.06 bits per heavy atom. The molecule has 1 amide bonds. The van der Waals surface area contributed by atoms with Crippen LogP contribution in [0.3, 0.4) is 0 Å². The van der Waals surface area contributed by atoms with E-state index < -0.39 is 0 Å². The Balaban J connectivity index is 2.18. The molecule has 3 nitrogen and oxygen atoms in total. The molecule has 0 heterocycles. The SMILES string of the molecule is CCOCCCNC(=O)Cc1ccc(Br)cc1. The molecule has 94 valence electrons. The largest absolute Gasteiger partial charge is 0.382 e. The molecule has 0 fully saturated rings. The van der Waals surface area contributed by atoms with Gasteiger partial charge >= 0.3 is 0 Å². The molecule has 0 aliphatic heterocycles. The second kappa shape index (κ2) is 8.25. The normalized spacial score (nSPS) is 10.2. The van der Waals surface area contributed by atoms with E-state index in [0.717, 1.165) is 23.1 Å². The molecule has 0 saturated heterocycles. The third kappa shape index (κ3) is 6.44. The van der Waals surface area contributed by atoms with Crippen LogP contribution in [-0.2, 0) is 16.0 Å². The quantitative estimate of drug-likeness (QED) is 0.786. The molecule has 0 aromatic heterocycles. The van der Waals surface area contributed by atoms with Crippen molar-refractivity contribution in [1.29, 1.82) is 0 Å². The molecule has 0 aliphatic carbocycles. The Kier molecular flexibility index (Phi) is 6.89. The van der Waals surface area contributed by atoms with E-state index in [9.17, 15) is 4.79 Å². The smallest absolute Gasteiger partial charge is 0.224 e. The summed E-state index contributed by atoms with van der Waals surface area (Å²) < 4.78 is 6.22. The van der Waals surface area contributed by atoms with Gasteiger partial charge in [-0.25, -0.2) is 0 Å². The molecule has 1 N–H and O–H groups in total. The number of hydrogen-bond acceptors (Lipinski definition) is 2. The fourth-order valence-corrected chi connectivity index (χ4v) is 1.66. The van der Waals surface area contributed by atoms with E-state index in [-0.39, 0.29) is 5.91 Å². The van der Waals surface area contributed by atoms with E-state index in [1.807, 2.05) is 31.2 Å².